The molecule has 8 rings (SSSR count). The predicted molar refractivity (Wildman–Crippen MR) is 210 cm³/mol. The van der Waals surface area contributed by atoms with E-state index in [0.717, 1.165) is 39.2 Å². The van der Waals surface area contributed by atoms with Crippen molar-refractivity contribution in [2.45, 2.75) is 23.8 Å². The zero-order chi connectivity index (χ0) is 39.1. The van der Waals surface area contributed by atoms with Crippen LogP contribution in [0, 0.1) is 0 Å². The molecule has 2 saturated heterocycles. The van der Waals surface area contributed by atoms with Crippen LogP contribution in [0.5, 0.6) is 28.9 Å². The van der Waals surface area contributed by atoms with Crippen molar-refractivity contribution >= 4 is 54.8 Å². The molecule has 1 atom stereocenters. The third kappa shape index (κ3) is 7.30. The number of carbonyl (C=O) groups is 3. The number of hydrogen-bond donors (Lipinski definition) is 3. The molecule has 5 aromatic carbocycles. The molecule has 0 radical (unpaired) electrons. The SMILES string of the molecule is CS(=O)(=O)c1ccc(-c2ccc3cc(O)ccc3c2Oc2ccc(OCC(=O)N3CCN(c4ccc5c(O)n(C6CCC(=O)NC6=O)cc5c4)CC3)cc2)cc1. The van der Waals surface area contributed by atoms with E-state index >= 15 is 0 Å². The van der Waals surface area contributed by atoms with E-state index in [1.165, 1.54) is 4.57 Å². The van der Waals surface area contributed by atoms with Gasteiger partial charge in [0.05, 0.1) is 4.90 Å². The van der Waals surface area contributed by atoms with Gasteiger partial charge in [0.1, 0.15) is 29.0 Å². The van der Waals surface area contributed by atoms with Crippen LogP contribution >= 0.6 is 0 Å². The Bertz CT molecular complexity index is 2610. The zero-order valence-corrected chi connectivity index (χ0v) is 31.2. The van der Waals surface area contributed by atoms with Crippen LogP contribution in [-0.4, -0.2) is 84.9 Å². The first-order valence-corrected chi connectivity index (χ1v) is 20.0. The molecule has 286 valence electrons. The summed E-state index contributed by atoms with van der Waals surface area (Å²) in [5.74, 6) is 0.743. The van der Waals surface area contributed by atoms with Crippen molar-refractivity contribution in [2.24, 2.45) is 0 Å². The standard InChI is InChI=1S/C42H38N4O9S/c1-56(52,53)33-11-2-26(3-12-33)34-13-4-27-23-30(47)6-15-35(27)40(34)55-32-9-7-31(8-10-32)54-25-39(49)45-20-18-44(19-21-45)29-5-14-36-28(22-29)24-46(42(36)51)37-16-17-38(48)43-41(37)50/h2-15,22-24,37,47,51H,16-21,25H2,1H3,(H,43,48,50). The van der Waals surface area contributed by atoms with Crippen LogP contribution in [0.2, 0.25) is 0 Å². The largest absolute Gasteiger partial charge is 0.508 e. The molecule has 2 aliphatic rings. The summed E-state index contributed by atoms with van der Waals surface area (Å²) >= 11 is 0. The van der Waals surface area contributed by atoms with Gasteiger partial charge in [-0.2, -0.15) is 0 Å². The number of imide groups is 1. The number of rotatable bonds is 9. The molecule has 0 aliphatic carbocycles. The van der Waals surface area contributed by atoms with Gasteiger partial charge in [-0.25, -0.2) is 8.42 Å². The third-order valence-electron chi connectivity index (χ3n) is 10.3. The highest BCUT2D eigenvalue weighted by Gasteiger charge is 2.30. The summed E-state index contributed by atoms with van der Waals surface area (Å²) in [6.07, 6.45) is 3.43. The van der Waals surface area contributed by atoms with Crippen molar-refractivity contribution in [2.75, 3.05) is 43.9 Å². The molecule has 2 aliphatic heterocycles. The number of nitrogens with one attached hydrogen (secondary N) is 1. The lowest BCUT2D eigenvalue weighted by atomic mass is 9.99. The molecule has 0 saturated carbocycles. The maximum atomic E-state index is 13.2. The Morgan fingerprint density at radius 1 is 0.821 bits per heavy atom. The van der Waals surface area contributed by atoms with Crippen molar-refractivity contribution in [3.63, 3.8) is 0 Å². The van der Waals surface area contributed by atoms with Gasteiger partial charge in [0.2, 0.25) is 11.8 Å². The van der Waals surface area contributed by atoms with Gasteiger partial charge in [-0.1, -0.05) is 18.2 Å². The molecular weight excluding hydrogens is 737 g/mol. The fourth-order valence-electron chi connectivity index (χ4n) is 7.27. The van der Waals surface area contributed by atoms with Crippen molar-refractivity contribution in [3.05, 3.63) is 103 Å². The normalized spacial score (nSPS) is 16.3. The molecule has 13 nitrogen and oxygen atoms in total. The zero-order valence-electron chi connectivity index (χ0n) is 30.3. The average Bonchev–Trinajstić information content (AvgIpc) is 3.52. The summed E-state index contributed by atoms with van der Waals surface area (Å²) in [7, 11) is -3.36. The smallest absolute Gasteiger partial charge is 0.260 e. The number of nitrogens with zero attached hydrogens (tertiary/aromatic N) is 3. The van der Waals surface area contributed by atoms with Crippen LogP contribution in [0.25, 0.3) is 32.7 Å². The Morgan fingerprint density at radius 2 is 1.54 bits per heavy atom. The second-order valence-corrected chi connectivity index (χ2v) is 16.0. The van der Waals surface area contributed by atoms with Gasteiger partial charge in [0.25, 0.3) is 5.91 Å². The van der Waals surface area contributed by atoms with E-state index in [9.17, 15) is 33.0 Å². The quantitative estimate of drug-likeness (QED) is 0.153. The minimum absolute atomic E-state index is 0.0179. The summed E-state index contributed by atoms with van der Waals surface area (Å²) in [5, 5.41) is 26.2. The summed E-state index contributed by atoms with van der Waals surface area (Å²) in [4.78, 5) is 41.3. The van der Waals surface area contributed by atoms with Crippen molar-refractivity contribution in [1.29, 1.82) is 0 Å². The predicted octanol–water partition coefficient (Wildman–Crippen LogP) is 5.77. The maximum absolute atomic E-state index is 13.2. The van der Waals surface area contributed by atoms with Crippen LogP contribution in [0.15, 0.2) is 108 Å². The summed E-state index contributed by atoms with van der Waals surface area (Å²) in [6, 6.07) is 27.3. The van der Waals surface area contributed by atoms with Crippen molar-refractivity contribution in [3.8, 4) is 40.0 Å². The fraction of sp³-hybridized carbons (Fsp3) is 0.214. The van der Waals surface area contributed by atoms with Crippen LogP contribution in [-0.2, 0) is 24.2 Å². The van der Waals surface area contributed by atoms with Gasteiger partial charge in [0.15, 0.2) is 22.3 Å². The molecule has 0 bridgehead atoms. The Hall–Kier alpha value is -6.54. The van der Waals surface area contributed by atoms with E-state index in [0.29, 0.717) is 55.2 Å². The number of hydrogen-bond acceptors (Lipinski definition) is 10. The molecule has 0 spiro atoms. The third-order valence-corrected chi connectivity index (χ3v) is 11.4. The second-order valence-electron chi connectivity index (χ2n) is 14.0. The molecule has 3 heterocycles. The Balaban J connectivity index is 0.893. The van der Waals surface area contributed by atoms with E-state index in [1.807, 2.05) is 30.3 Å². The average molecular weight is 775 g/mol. The maximum Gasteiger partial charge on any atom is 0.260 e. The van der Waals surface area contributed by atoms with E-state index in [1.54, 1.807) is 77.8 Å². The lowest BCUT2D eigenvalue weighted by Crippen LogP contribution is -2.50. The molecule has 14 heteroatoms. The van der Waals surface area contributed by atoms with Crippen LogP contribution in [0.4, 0.5) is 5.69 Å². The number of aromatic hydroxyl groups is 2. The highest BCUT2D eigenvalue weighted by Crippen LogP contribution is 2.41. The monoisotopic (exact) mass is 774 g/mol. The van der Waals surface area contributed by atoms with Gasteiger partial charge in [0, 0.05) is 72.5 Å². The summed E-state index contributed by atoms with van der Waals surface area (Å²) in [5.41, 5.74) is 2.42. The van der Waals surface area contributed by atoms with Crippen molar-refractivity contribution in [1.82, 2.24) is 14.8 Å². The molecule has 3 N–H and O–H groups in total. The lowest BCUT2D eigenvalue weighted by molar-refractivity contribution is -0.136. The van der Waals surface area contributed by atoms with Gasteiger partial charge in [-0.15, -0.1) is 0 Å². The number of piperidine rings is 1. The first kappa shape index (κ1) is 36.4. The van der Waals surface area contributed by atoms with E-state index in [2.05, 4.69) is 10.2 Å². The number of carbonyl (C=O) groups excluding carboxylic acids is 3. The number of aromatic nitrogens is 1. The number of anilines is 1. The van der Waals surface area contributed by atoms with Crippen LogP contribution < -0.4 is 19.7 Å². The van der Waals surface area contributed by atoms with Gasteiger partial charge >= 0.3 is 0 Å². The number of ether oxygens (including phenoxy) is 2. The first-order chi connectivity index (χ1) is 26.9. The van der Waals surface area contributed by atoms with Crippen molar-refractivity contribution < 1.29 is 42.5 Å². The van der Waals surface area contributed by atoms with E-state index < -0.39 is 21.8 Å². The van der Waals surface area contributed by atoms with Gasteiger partial charge in [-0.3, -0.25) is 19.7 Å². The van der Waals surface area contributed by atoms with E-state index in [4.69, 9.17) is 9.47 Å². The summed E-state index contributed by atoms with van der Waals surface area (Å²) < 4.78 is 37.9. The number of sulfone groups is 1. The minimum Gasteiger partial charge on any atom is -0.508 e. The highest BCUT2D eigenvalue weighted by molar-refractivity contribution is 7.90. The van der Waals surface area contributed by atoms with Gasteiger partial charge < -0.3 is 34.1 Å². The fourth-order valence-corrected chi connectivity index (χ4v) is 7.90. The number of fused-ring (bicyclic) bond motifs is 2. The van der Waals surface area contributed by atoms with Gasteiger partial charge in [-0.05, 0) is 96.2 Å². The number of phenolic OH excluding ortho intramolecular Hbond substituents is 1. The summed E-state index contributed by atoms with van der Waals surface area (Å²) in [6.45, 7) is 2.05. The molecular formula is C42H38N4O9S. The number of benzene rings is 5. The number of piperazine rings is 1. The highest BCUT2D eigenvalue weighted by atomic mass is 32.2. The Morgan fingerprint density at radius 3 is 2.25 bits per heavy atom. The first-order valence-electron chi connectivity index (χ1n) is 18.1. The second kappa shape index (κ2) is 14.6. The molecule has 1 aromatic heterocycles. The Kier molecular flexibility index (Phi) is 9.50. The number of phenols is 1. The molecule has 3 amide bonds. The number of amides is 3. The minimum atomic E-state index is -3.36. The molecule has 2 fully saturated rings. The molecule has 1 unspecified atom stereocenters. The van der Waals surface area contributed by atoms with Crippen LogP contribution in [0.1, 0.15) is 18.9 Å². The Labute approximate surface area is 322 Å². The van der Waals surface area contributed by atoms with E-state index in [-0.39, 0.29) is 41.4 Å². The van der Waals surface area contributed by atoms with Crippen LogP contribution in [0.3, 0.4) is 0 Å². The molecule has 6 aromatic rings. The lowest BCUT2D eigenvalue weighted by Gasteiger charge is -2.36. The molecule has 56 heavy (non-hydrogen) atoms. The topological polar surface area (TPSA) is 168 Å².